The van der Waals surface area contributed by atoms with Gasteiger partial charge in [0.15, 0.2) is 0 Å². The van der Waals surface area contributed by atoms with Crippen LogP contribution in [0.2, 0.25) is 0 Å². The Morgan fingerprint density at radius 2 is 1.55 bits per heavy atom. The van der Waals surface area contributed by atoms with E-state index in [9.17, 15) is 0 Å². The van der Waals surface area contributed by atoms with Gasteiger partial charge in [-0.05, 0) is 57.5 Å². The van der Waals surface area contributed by atoms with Crippen LogP contribution < -0.4 is 4.90 Å². The van der Waals surface area contributed by atoms with Gasteiger partial charge in [0.05, 0.1) is 16.1 Å². The molecule has 0 N–H and O–H groups in total. The van der Waals surface area contributed by atoms with Gasteiger partial charge < -0.3 is 4.90 Å². The molecule has 1 aliphatic rings. The van der Waals surface area contributed by atoms with Crippen molar-refractivity contribution in [3.05, 3.63) is 99.0 Å². The van der Waals surface area contributed by atoms with E-state index in [-0.39, 0.29) is 5.54 Å². The first-order valence-corrected chi connectivity index (χ1v) is 11.8. The molecule has 1 aliphatic heterocycles. The van der Waals surface area contributed by atoms with E-state index in [0.717, 1.165) is 16.9 Å². The van der Waals surface area contributed by atoms with Crippen molar-refractivity contribution in [2.45, 2.75) is 39.8 Å². The fourth-order valence-electron chi connectivity index (χ4n) is 4.44. The van der Waals surface area contributed by atoms with Crippen LogP contribution in [0.4, 0.5) is 5.69 Å². The third-order valence-corrected chi connectivity index (χ3v) is 8.17. The average Bonchev–Trinajstić information content (AvgIpc) is 3.11. The van der Waals surface area contributed by atoms with Gasteiger partial charge in [-0.1, -0.05) is 83.4 Å². The molecule has 3 aromatic carbocycles. The number of aromatic nitrogens is 1. The summed E-state index contributed by atoms with van der Waals surface area (Å²) in [5, 5.41) is 0. The Bertz CT molecular complexity index is 1310. The van der Waals surface area contributed by atoms with Crippen LogP contribution in [0.15, 0.2) is 72.8 Å². The molecule has 2 nitrogen and oxygen atoms in total. The first-order valence-electron chi connectivity index (χ1n) is 10.6. The van der Waals surface area contributed by atoms with E-state index < -0.39 is 0 Å². The quantitative estimate of drug-likeness (QED) is 0.299. The van der Waals surface area contributed by atoms with Gasteiger partial charge in [-0.3, -0.25) is 3.96 Å². The number of anilines is 1. The Hall–Kier alpha value is -2.69. The Labute approximate surface area is 193 Å². The van der Waals surface area contributed by atoms with Gasteiger partial charge >= 0.3 is 0 Å². The predicted octanol–water partition coefficient (Wildman–Crippen LogP) is 7.81. The van der Waals surface area contributed by atoms with Crippen molar-refractivity contribution in [1.82, 2.24) is 3.96 Å². The van der Waals surface area contributed by atoms with E-state index in [1.54, 1.807) is 11.5 Å². The maximum Gasteiger partial charge on any atom is 0.129 e. The number of hydrogen-bond donors (Lipinski definition) is 0. The molecule has 0 fully saturated rings. The molecule has 0 saturated heterocycles. The summed E-state index contributed by atoms with van der Waals surface area (Å²) in [6.07, 6.45) is 0. The minimum atomic E-state index is -0.179. The van der Waals surface area contributed by atoms with Crippen molar-refractivity contribution in [2.75, 3.05) is 4.90 Å². The van der Waals surface area contributed by atoms with E-state index in [0.29, 0.717) is 0 Å². The molecule has 0 radical (unpaired) electrons. The van der Waals surface area contributed by atoms with Crippen molar-refractivity contribution < 1.29 is 0 Å². The van der Waals surface area contributed by atoms with E-state index >= 15 is 0 Å². The fraction of sp³-hybridized carbons (Fsp3) is 0.222. The van der Waals surface area contributed by atoms with Crippen molar-refractivity contribution in [1.29, 1.82) is 0 Å². The van der Waals surface area contributed by atoms with Gasteiger partial charge in [-0.25, -0.2) is 0 Å². The monoisotopic (exact) mass is 442 g/mol. The van der Waals surface area contributed by atoms with Crippen LogP contribution in [-0.2, 0) is 12.1 Å². The lowest BCUT2D eigenvalue weighted by atomic mass is 9.86. The SMILES string of the molecule is Cc1ccc(-n2sc3c(c2=S)-c2cc(C)ccc2N(Cc2ccccc2)C3(C)C)cc1. The summed E-state index contributed by atoms with van der Waals surface area (Å²) >= 11 is 7.85. The van der Waals surface area contributed by atoms with Crippen molar-refractivity contribution in [2.24, 2.45) is 0 Å². The lowest BCUT2D eigenvalue weighted by Gasteiger charge is -2.44. The molecule has 0 saturated carbocycles. The molecule has 156 valence electrons. The highest BCUT2D eigenvalue weighted by atomic mass is 32.1. The minimum Gasteiger partial charge on any atom is -0.357 e. The van der Waals surface area contributed by atoms with Gasteiger partial charge in [-0.2, -0.15) is 0 Å². The fourth-order valence-corrected chi connectivity index (χ4v) is 6.15. The molecule has 2 heterocycles. The van der Waals surface area contributed by atoms with Gasteiger partial charge in [0, 0.05) is 23.4 Å². The van der Waals surface area contributed by atoms with Gasteiger partial charge in [0.2, 0.25) is 0 Å². The molecule has 4 heteroatoms. The minimum absolute atomic E-state index is 0.179. The van der Waals surface area contributed by atoms with Crippen LogP contribution in [0.5, 0.6) is 0 Å². The summed E-state index contributed by atoms with van der Waals surface area (Å²) in [4.78, 5) is 3.86. The van der Waals surface area contributed by atoms with E-state index in [2.05, 4.69) is 109 Å². The zero-order valence-corrected chi connectivity index (χ0v) is 20.0. The van der Waals surface area contributed by atoms with Crippen LogP contribution in [0.1, 0.15) is 35.4 Å². The maximum atomic E-state index is 6.07. The lowest BCUT2D eigenvalue weighted by Crippen LogP contribution is -2.43. The Morgan fingerprint density at radius 3 is 2.26 bits per heavy atom. The van der Waals surface area contributed by atoms with Gasteiger partial charge in [0.25, 0.3) is 0 Å². The smallest absolute Gasteiger partial charge is 0.129 e. The van der Waals surface area contributed by atoms with Gasteiger partial charge in [0.1, 0.15) is 4.64 Å². The second-order valence-corrected chi connectivity index (χ2v) is 10.2. The first-order chi connectivity index (χ1) is 14.9. The molecule has 0 amide bonds. The summed E-state index contributed by atoms with van der Waals surface area (Å²) in [5.41, 5.74) is 8.50. The van der Waals surface area contributed by atoms with Crippen LogP contribution >= 0.6 is 23.8 Å². The van der Waals surface area contributed by atoms with Crippen molar-refractivity contribution in [3.63, 3.8) is 0 Å². The molecular formula is C27H26N2S2. The van der Waals surface area contributed by atoms with E-state index in [1.807, 2.05) is 0 Å². The number of rotatable bonds is 3. The highest BCUT2D eigenvalue weighted by Crippen LogP contribution is 2.51. The molecule has 5 rings (SSSR count). The molecule has 0 spiro atoms. The van der Waals surface area contributed by atoms with E-state index in [4.69, 9.17) is 12.2 Å². The average molecular weight is 443 g/mol. The standard InChI is InChI=1S/C27H26N2S2/c1-18-10-13-21(14-11-18)29-26(30)24-22-16-19(2)12-15-23(22)28(27(3,4)25(24)31-29)17-20-8-6-5-7-9-20/h5-16H,17H2,1-4H3. The van der Waals surface area contributed by atoms with Crippen LogP contribution in [0.25, 0.3) is 16.8 Å². The van der Waals surface area contributed by atoms with Crippen LogP contribution in [0, 0.1) is 18.5 Å². The number of benzene rings is 3. The molecule has 0 bridgehead atoms. The second-order valence-electron chi connectivity index (χ2n) is 8.88. The number of hydrogen-bond acceptors (Lipinski definition) is 3. The molecule has 4 aromatic rings. The van der Waals surface area contributed by atoms with Crippen LogP contribution in [0.3, 0.4) is 0 Å². The topological polar surface area (TPSA) is 8.17 Å². The zero-order chi connectivity index (χ0) is 21.8. The van der Waals surface area contributed by atoms with Crippen molar-refractivity contribution >= 4 is 29.4 Å². The molecule has 0 unspecified atom stereocenters. The van der Waals surface area contributed by atoms with Crippen LogP contribution in [-0.4, -0.2) is 3.96 Å². The van der Waals surface area contributed by atoms with Crippen molar-refractivity contribution in [3.8, 4) is 16.8 Å². The first kappa shape index (κ1) is 20.2. The zero-order valence-electron chi connectivity index (χ0n) is 18.3. The number of nitrogens with zero attached hydrogens (tertiary/aromatic N) is 2. The van der Waals surface area contributed by atoms with Gasteiger partial charge in [-0.15, -0.1) is 0 Å². The third kappa shape index (κ3) is 3.35. The molecule has 31 heavy (non-hydrogen) atoms. The summed E-state index contributed by atoms with van der Waals surface area (Å²) in [7, 11) is 0. The Balaban J connectivity index is 1.73. The highest BCUT2D eigenvalue weighted by Gasteiger charge is 2.40. The predicted molar refractivity (Wildman–Crippen MR) is 135 cm³/mol. The summed E-state index contributed by atoms with van der Waals surface area (Å²) in [6.45, 7) is 9.78. The third-order valence-electron chi connectivity index (χ3n) is 6.20. The largest absolute Gasteiger partial charge is 0.357 e. The number of aryl methyl sites for hydroxylation is 2. The molecule has 0 aliphatic carbocycles. The normalized spacial score (nSPS) is 14.3. The highest BCUT2D eigenvalue weighted by molar-refractivity contribution is 7.71. The lowest BCUT2D eigenvalue weighted by molar-refractivity contribution is 0.483. The molecular weight excluding hydrogens is 416 g/mol. The summed E-state index contributed by atoms with van der Waals surface area (Å²) in [6, 6.07) is 26.1. The maximum absolute atomic E-state index is 6.07. The summed E-state index contributed by atoms with van der Waals surface area (Å²) < 4.78 is 3.13. The number of fused-ring (bicyclic) bond motifs is 3. The Morgan fingerprint density at radius 1 is 0.871 bits per heavy atom. The Kier molecular flexibility index (Phi) is 4.87. The summed E-state index contributed by atoms with van der Waals surface area (Å²) in [5.74, 6) is 0. The molecule has 1 aromatic heterocycles. The second kappa shape index (κ2) is 7.47. The van der Waals surface area contributed by atoms with E-state index in [1.165, 1.54) is 38.4 Å². The molecule has 0 atom stereocenters.